The fourth-order valence-corrected chi connectivity index (χ4v) is 0.754. The zero-order valence-electron chi connectivity index (χ0n) is 6.37. The van der Waals surface area contributed by atoms with Gasteiger partial charge in [-0.1, -0.05) is 0 Å². The second-order valence-electron chi connectivity index (χ2n) is 2.46. The molecular weight excluding hydrogens is 164 g/mol. The van der Waals surface area contributed by atoms with Crippen molar-refractivity contribution in [3.05, 3.63) is 0 Å². The monoisotopic (exact) mass is 174 g/mol. The molecule has 0 bridgehead atoms. The van der Waals surface area contributed by atoms with Gasteiger partial charge in [-0.15, -0.1) is 0 Å². The van der Waals surface area contributed by atoms with Crippen molar-refractivity contribution in [3.8, 4) is 0 Å². The number of nitrogens with one attached hydrogen (secondary N) is 2. The molecule has 3 N–H and O–H groups in total. The lowest BCUT2D eigenvalue weighted by molar-refractivity contribution is -0.124. The van der Waals surface area contributed by atoms with Crippen molar-refractivity contribution in [1.29, 1.82) is 0 Å². The van der Waals surface area contributed by atoms with Crippen LogP contribution in [0.2, 0.25) is 0 Å². The van der Waals surface area contributed by atoms with Crippen LogP contribution >= 0.6 is 0 Å². The van der Waals surface area contributed by atoms with Crippen LogP contribution in [0.3, 0.4) is 0 Å². The number of rotatable bonds is 3. The molecule has 0 spiro atoms. The number of carboxylic acid groups (broad SMARTS) is 1. The highest BCUT2D eigenvalue weighted by Crippen LogP contribution is 1.98. The summed E-state index contributed by atoms with van der Waals surface area (Å²) >= 11 is 0. The highest BCUT2D eigenvalue weighted by molar-refractivity contribution is 5.81. The van der Waals surface area contributed by atoms with Gasteiger partial charge in [-0.2, -0.15) is 0 Å². The van der Waals surface area contributed by atoms with Crippen LogP contribution in [0.15, 0.2) is 0 Å². The maximum absolute atomic E-state index is 10.9. The van der Waals surface area contributed by atoms with Gasteiger partial charge in [0.05, 0.1) is 25.8 Å². The molecular formula is C6H10N2O4. The van der Waals surface area contributed by atoms with E-state index in [4.69, 9.17) is 9.84 Å². The molecule has 6 nitrogen and oxygen atoms in total. The molecule has 68 valence electrons. The topological polar surface area (TPSA) is 87.7 Å². The minimum absolute atomic E-state index is 0.0492. The van der Waals surface area contributed by atoms with E-state index < -0.39 is 6.09 Å². The molecule has 0 aromatic carbocycles. The van der Waals surface area contributed by atoms with Crippen LogP contribution in [0.25, 0.3) is 0 Å². The lowest BCUT2D eigenvalue weighted by atomic mass is 10.2. The minimum Gasteiger partial charge on any atom is -0.465 e. The zero-order chi connectivity index (χ0) is 8.97. The number of hydrogen-bond acceptors (Lipinski definition) is 3. The number of amides is 2. The van der Waals surface area contributed by atoms with Gasteiger partial charge in [-0.05, 0) is 0 Å². The first-order valence-electron chi connectivity index (χ1n) is 3.52. The van der Waals surface area contributed by atoms with Crippen LogP contribution in [0.5, 0.6) is 0 Å². The molecule has 0 aromatic rings. The SMILES string of the molecule is O=C(O)NCC(=O)NC1COC1. The molecule has 1 rings (SSSR count). The third-order valence-electron chi connectivity index (χ3n) is 1.40. The molecule has 0 atom stereocenters. The Bertz CT molecular complexity index is 190. The predicted octanol–water partition coefficient (Wildman–Crippen LogP) is -1.23. The Kier molecular flexibility index (Phi) is 2.87. The quantitative estimate of drug-likeness (QED) is 0.500. The third-order valence-corrected chi connectivity index (χ3v) is 1.40. The summed E-state index contributed by atoms with van der Waals surface area (Å²) in [4.78, 5) is 20.8. The van der Waals surface area contributed by atoms with Gasteiger partial charge < -0.3 is 20.5 Å². The fraction of sp³-hybridized carbons (Fsp3) is 0.667. The van der Waals surface area contributed by atoms with E-state index in [2.05, 4.69) is 5.32 Å². The Morgan fingerprint density at radius 1 is 1.50 bits per heavy atom. The highest BCUT2D eigenvalue weighted by atomic mass is 16.5. The van der Waals surface area contributed by atoms with Crippen LogP contribution in [0, 0.1) is 0 Å². The maximum atomic E-state index is 10.9. The van der Waals surface area contributed by atoms with E-state index in [0.717, 1.165) is 0 Å². The molecule has 0 unspecified atom stereocenters. The zero-order valence-corrected chi connectivity index (χ0v) is 6.37. The van der Waals surface area contributed by atoms with Gasteiger partial charge in [0.25, 0.3) is 0 Å². The van der Waals surface area contributed by atoms with Crippen LogP contribution < -0.4 is 10.6 Å². The molecule has 1 aliphatic rings. The summed E-state index contributed by atoms with van der Waals surface area (Å²) in [5, 5.41) is 12.7. The van der Waals surface area contributed by atoms with E-state index in [1.54, 1.807) is 0 Å². The van der Waals surface area contributed by atoms with Crippen molar-refractivity contribution < 1.29 is 19.4 Å². The second-order valence-corrected chi connectivity index (χ2v) is 2.46. The van der Waals surface area contributed by atoms with Crippen molar-refractivity contribution in [3.63, 3.8) is 0 Å². The summed E-state index contributed by atoms with van der Waals surface area (Å²) < 4.78 is 4.81. The fourth-order valence-electron chi connectivity index (χ4n) is 0.754. The predicted molar refractivity (Wildman–Crippen MR) is 38.8 cm³/mol. The molecule has 6 heteroatoms. The van der Waals surface area contributed by atoms with E-state index in [1.807, 2.05) is 5.32 Å². The lowest BCUT2D eigenvalue weighted by Gasteiger charge is -2.26. The van der Waals surface area contributed by atoms with E-state index in [1.165, 1.54) is 0 Å². The minimum atomic E-state index is -1.20. The average molecular weight is 174 g/mol. The van der Waals surface area contributed by atoms with Crippen LogP contribution in [-0.4, -0.2) is 42.9 Å². The summed E-state index contributed by atoms with van der Waals surface area (Å²) in [6.07, 6.45) is -1.20. The van der Waals surface area contributed by atoms with Crippen LogP contribution in [-0.2, 0) is 9.53 Å². The van der Waals surface area contributed by atoms with Crippen LogP contribution in [0.1, 0.15) is 0 Å². The Morgan fingerprint density at radius 2 is 2.17 bits per heavy atom. The molecule has 0 radical (unpaired) electrons. The van der Waals surface area contributed by atoms with Gasteiger partial charge in [-0.25, -0.2) is 4.79 Å². The van der Waals surface area contributed by atoms with E-state index in [-0.39, 0.29) is 18.5 Å². The normalized spacial score (nSPS) is 16.3. The molecule has 0 aliphatic carbocycles. The molecule has 2 amide bonds. The average Bonchev–Trinajstić information content (AvgIpc) is 1.93. The molecule has 1 saturated heterocycles. The van der Waals surface area contributed by atoms with Crippen molar-refractivity contribution in [2.24, 2.45) is 0 Å². The van der Waals surface area contributed by atoms with Gasteiger partial charge in [0.2, 0.25) is 5.91 Å². The number of carbonyl (C=O) groups is 2. The number of ether oxygens (including phenoxy) is 1. The Labute approximate surface area is 68.9 Å². The summed E-state index contributed by atoms with van der Waals surface area (Å²) in [6, 6.07) is 0.0492. The highest BCUT2D eigenvalue weighted by Gasteiger charge is 2.19. The van der Waals surface area contributed by atoms with E-state index in [0.29, 0.717) is 13.2 Å². The van der Waals surface area contributed by atoms with Crippen molar-refractivity contribution >= 4 is 12.0 Å². The first kappa shape index (κ1) is 8.79. The van der Waals surface area contributed by atoms with E-state index in [9.17, 15) is 9.59 Å². The van der Waals surface area contributed by atoms with Crippen molar-refractivity contribution in [1.82, 2.24) is 10.6 Å². The summed E-state index contributed by atoms with van der Waals surface area (Å²) in [5.74, 6) is -0.328. The van der Waals surface area contributed by atoms with Gasteiger partial charge in [0.15, 0.2) is 0 Å². The molecule has 0 aromatic heterocycles. The van der Waals surface area contributed by atoms with Crippen molar-refractivity contribution in [2.45, 2.75) is 6.04 Å². The number of hydrogen-bond donors (Lipinski definition) is 3. The molecule has 0 saturated carbocycles. The van der Waals surface area contributed by atoms with Gasteiger partial charge >= 0.3 is 6.09 Å². The van der Waals surface area contributed by atoms with E-state index >= 15 is 0 Å². The second kappa shape index (κ2) is 3.91. The first-order chi connectivity index (χ1) is 5.68. The summed E-state index contributed by atoms with van der Waals surface area (Å²) in [7, 11) is 0. The van der Waals surface area contributed by atoms with Gasteiger partial charge in [0, 0.05) is 0 Å². The molecule has 1 fully saturated rings. The number of carbonyl (C=O) groups excluding carboxylic acids is 1. The first-order valence-corrected chi connectivity index (χ1v) is 3.52. The van der Waals surface area contributed by atoms with Crippen molar-refractivity contribution in [2.75, 3.05) is 19.8 Å². The summed E-state index contributed by atoms with van der Waals surface area (Å²) in [6.45, 7) is 0.823. The maximum Gasteiger partial charge on any atom is 0.405 e. The van der Waals surface area contributed by atoms with Gasteiger partial charge in [0.1, 0.15) is 0 Å². The van der Waals surface area contributed by atoms with Gasteiger partial charge in [-0.3, -0.25) is 4.79 Å². The summed E-state index contributed by atoms with van der Waals surface area (Å²) in [5.41, 5.74) is 0. The molecule has 12 heavy (non-hydrogen) atoms. The Hall–Kier alpha value is -1.30. The smallest absolute Gasteiger partial charge is 0.405 e. The third kappa shape index (κ3) is 2.75. The van der Waals surface area contributed by atoms with Crippen LogP contribution in [0.4, 0.5) is 4.79 Å². The standard InChI is InChI=1S/C6H10N2O4/c9-5(1-7-6(10)11)8-4-2-12-3-4/h4,7H,1-3H2,(H,8,9)(H,10,11). The Balaban J connectivity index is 2.06. The molecule has 1 aliphatic heterocycles. The largest absolute Gasteiger partial charge is 0.465 e. The molecule has 1 heterocycles. The Morgan fingerprint density at radius 3 is 2.58 bits per heavy atom. The lowest BCUT2D eigenvalue weighted by Crippen LogP contribution is -2.51.